The summed E-state index contributed by atoms with van der Waals surface area (Å²) in [5.41, 5.74) is 0.303. The Balaban J connectivity index is 2.67. The second-order valence-corrected chi connectivity index (χ2v) is 7.51. The zero-order valence-corrected chi connectivity index (χ0v) is 15.0. The Hall–Kier alpha value is -2.45. The average molecular weight is 383 g/mol. The van der Waals surface area contributed by atoms with Crippen LogP contribution in [0, 0.1) is 17.0 Å². The third-order valence-corrected chi connectivity index (χ3v) is 5.82. The average Bonchev–Trinajstić information content (AvgIpc) is 2.56. The fraction of sp³-hybridized carbons (Fsp3) is 0.188. The second-order valence-electron chi connectivity index (χ2n) is 5.32. The van der Waals surface area contributed by atoms with E-state index in [2.05, 4.69) is 0 Å². The van der Waals surface area contributed by atoms with Gasteiger partial charge in [0.2, 0.25) is 5.24 Å². The largest absolute Gasteiger partial charge is 0.279 e. The van der Waals surface area contributed by atoms with Crippen molar-refractivity contribution in [3.63, 3.8) is 0 Å². The van der Waals surface area contributed by atoms with Crippen molar-refractivity contribution < 1.29 is 18.1 Å². The number of hydrogen-bond donors (Lipinski definition) is 0. The van der Waals surface area contributed by atoms with Crippen LogP contribution in [0.5, 0.6) is 0 Å². The predicted octanol–water partition coefficient (Wildman–Crippen LogP) is 3.25. The third kappa shape index (κ3) is 3.80. The molecule has 0 saturated carbocycles. The number of anilines is 1. The number of benzene rings is 2. The molecule has 2 aromatic rings. The Labute approximate surface area is 150 Å². The van der Waals surface area contributed by atoms with Gasteiger partial charge in [-0.25, -0.2) is 8.42 Å². The van der Waals surface area contributed by atoms with E-state index in [0.29, 0.717) is 5.56 Å². The Kier molecular flexibility index (Phi) is 5.44. The van der Waals surface area contributed by atoms with E-state index in [-0.39, 0.29) is 16.3 Å². The number of aryl methyl sites for hydroxylation is 1. The summed E-state index contributed by atoms with van der Waals surface area (Å²) in [7, 11) is -4.10. The lowest BCUT2D eigenvalue weighted by molar-refractivity contribution is -0.384. The molecule has 1 unspecified atom stereocenters. The first-order valence-corrected chi connectivity index (χ1v) is 9.02. The summed E-state index contributed by atoms with van der Waals surface area (Å²) in [4.78, 5) is 22.0. The molecule has 7 nitrogen and oxygen atoms in total. The molecule has 0 N–H and O–H groups in total. The first-order chi connectivity index (χ1) is 11.7. The van der Waals surface area contributed by atoms with Crippen LogP contribution in [0.3, 0.4) is 0 Å². The molecular weight excluding hydrogens is 368 g/mol. The normalized spacial score (nSPS) is 12.4. The highest BCUT2D eigenvalue weighted by molar-refractivity contribution is 7.93. The standard InChI is InChI=1S/C16H15ClN2O5S/c1-11-10-13(19(21)22)8-9-15(11)18(12(2)16(17)20)25(23,24)14-6-4-3-5-7-14/h3-10,12H,1-2H3. The molecule has 9 heteroatoms. The van der Waals surface area contributed by atoms with Gasteiger partial charge in [0.05, 0.1) is 15.5 Å². The number of sulfonamides is 1. The van der Waals surface area contributed by atoms with E-state index in [1.807, 2.05) is 0 Å². The van der Waals surface area contributed by atoms with Crippen LogP contribution in [0.4, 0.5) is 11.4 Å². The molecule has 0 amide bonds. The number of hydrogen-bond acceptors (Lipinski definition) is 5. The predicted molar refractivity (Wildman–Crippen MR) is 94.3 cm³/mol. The number of nitrogens with zero attached hydrogens (tertiary/aromatic N) is 2. The van der Waals surface area contributed by atoms with E-state index >= 15 is 0 Å². The van der Waals surface area contributed by atoms with Gasteiger partial charge in [-0.1, -0.05) is 18.2 Å². The second kappa shape index (κ2) is 7.20. The van der Waals surface area contributed by atoms with E-state index in [4.69, 9.17) is 11.6 Å². The van der Waals surface area contributed by atoms with Crippen molar-refractivity contribution in [2.24, 2.45) is 0 Å². The summed E-state index contributed by atoms with van der Waals surface area (Å²) in [5, 5.41) is 10.0. The monoisotopic (exact) mass is 382 g/mol. The third-order valence-electron chi connectivity index (χ3n) is 3.61. The van der Waals surface area contributed by atoms with Crippen molar-refractivity contribution in [1.82, 2.24) is 0 Å². The number of carbonyl (C=O) groups excluding carboxylic acids is 1. The van der Waals surface area contributed by atoms with Crippen LogP contribution in [0.1, 0.15) is 12.5 Å². The van der Waals surface area contributed by atoms with Crippen molar-refractivity contribution in [3.05, 3.63) is 64.2 Å². The molecule has 25 heavy (non-hydrogen) atoms. The number of nitro groups is 1. The van der Waals surface area contributed by atoms with Crippen molar-refractivity contribution in [3.8, 4) is 0 Å². The Morgan fingerprint density at radius 1 is 1.20 bits per heavy atom. The summed E-state index contributed by atoms with van der Waals surface area (Å²) >= 11 is 5.55. The lowest BCUT2D eigenvalue weighted by atomic mass is 10.1. The topological polar surface area (TPSA) is 97.6 Å². The molecule has 0 spiro atoms. The zero-order valence-electron chi connectivity index (χ0n) is 13.4. The van der Waals surface area contributed by atoms with Crippen LogP contribution in [-0.4, -0.2) is 24.6 Å². The number of nitro benzene ring substituents is 1. The minimum atomic E-state index is -4.10. The SMILES string of the molecule is Cc1cc([N+](=O)[O-])ccc1N(C(C)C(=O)Cl)S(=O)(=O)c1ccccc1. The molecule has 2 rings (SSSR count). The van der Waals surface area contributed by atoms with Crippen LogP contribution in [0.25, 0.3) is 0 Å². The van der Waals surface area contributed by atoms with Crippen LogP contribution in [0.2, 0.25) is 0 Å². The van der Waals surface area contributed by atoms with Gasteiger partial charge in [0.15, 0.2) is 0 Å². The number of non-ortho nitro benzene ring substituents is 1. The molecule has 0 aromatic heterocycles. The molecule has 0 fully saturated rings. The number of carbonyl (C=O) groups is 1. The van der Waals surface area contributed by atoms with Gasteiger partial charge < -0.3 is 0 Å². The highest BCUT2D eigenvalue weighted by atomic mass is 35.5. The maximum atomic E-state index is 13.0. The summed E-state index contributed by atoms with van der Waals surface area (Å²) < 4.78 is 26.9. The number of rotatable bonds is 6. The van der Waals surface area contributed by atoms with Gasteiger partial charge in [-0.2, -0.15) is 0 Å². The number of halogens is 1. The van der Waals surface area contributed by atoms with Crippen molar-refractivity contribution in [2.45, 2.75) is 24.8 Å². The summed E-state index contributed by atoms with van der Waals surface area (Å²) in [5.74, 6) is 0. The highest BCUT2D eigenvalue weighted by Gasteiger charge is 2.33. The van der Waals surface area contributed by atoms with Crippen LogP contribution >= 0.6 is 11.6 Å². The van der Waals surface area contributed by atoms with E-state index in [9.17, 15) is 23.3 Å². The Morgan fingerprint density at radius 2 is 1.80 bits per heavy atom. The maximum absolute atomic E-state index is 13.0. The lowest BCUT2D eigenvalue weighted by Gasteiger charge is -2.29. The Bertz CT molecular complexity index is 915. The van der Waals surface area contributed by atoms with Crippen molar-refractivity contribution >= 4 is 38.2 Å². The molecule has 0 aliphatic heterocycles. The molecule has 0 aliphatic rings. The molecule has 132 valence electrons. The lowest BCUT2D eigenvalue weighted by Crippen LogP contribution is -2.42. The molecule has 1 atom stereocenters. The fourth-order valence-corrected chi connectivity index (χ4v) is 4.20. The molecule has 0 saturated heterocycles. The first kappa shape index (κ1) is 18.9. The van der Waals surface area contributed by atoms with Gasteiger partial charge in [-0.3, -0.25) is 19.2 Å². The van der Waals surface area contributed by atoms with E-state index in [1.165, 1.54) is 44.2 Å². The van der Waals surface area contributed by atoms with Crippen molar-refractivity contribution in [1.29, 1.82) is 0 Å². The summed E-state index contributed by atoms with van der Waals surface area (Å²) in [6.45, 7) is 2.89. The quantitative estimate of drug-likeness (QED) is 0.434. The van der Waals surface area contributed by atoms with E-state index < -0.39 is 26.2 Å². The minimum Gasteiger partial charge on any atom is -0.279 e. The fourth-order valence-electron chi connectivity index (χ4n) is 2.34. The maximum Gasteiger partial charge on any atom is 0.269 e. The van der Waals surface area contributed by atoms with E-state index in [0.717, 1.165) is 4.31 Å². The van der Waals surface area contributed by atoms with Crippen LogP contribution in [0.15, 0.2) is 53.4 Å². The summed E-state index contributed by atoms with van der Waals surface area (Å²) in [6, 6.07) is 10.1. The molecule has 2 aromatic carbocycles. The molecule has 0 aliphatic carbocycles. The Morgan fingerprint density at radius 3 is 2.28 bits per heavy atom. The molecule has 0 radical (unpaired) electrons. The highest BCUT2D eigenvalue weighted by Crippen LogP contribution is 2.31. The minimum absolute atomic E-state index is 0.0162. The van der Waals surface area contributed by atoms with Gasteiger partial charge in [0, 0.05) is 12.1 Å². The first-order valence-electron chi connectivity index (χ1n) is 7.20. The zero-order chi connectivity index (χ0) is 18.8. The van der Waals surface area contributed by atoms with Crippen LogP contribution in [-0.2, 0) is 14.8 Å². The van der Waals surface area contributed by atoms with Gasteiger partial charge >= 0.3 is 0 Å². The molecule has 0 bridgehead atoms. The van der Waals surface area contributed by atoms with Gasteiger partial charge in [-0.15, -0.1) is 0 Å². The van der Waals surface area contributed by atoms with Gasteiger partial charge in [0.1, 0.15) is 6.04 Å². The van der Waals surface area contributed by atoms with Gasteiger partial charge in [0.25, 0.3) is 15.7 Å². The van der Waals surface area contributed by atoms with Crippen molar-refractivity contribution in [2.75, 3.05) is 4.31 Å². The molecule has 0 heterocycles. The summed E-state index contributed by atoms with van der Waals surface area (Å²) in [6.07, 6.45) is 0. The smallest absolute Gasteiger partial charge is 0.269 e. The van der Waals surface area contributed by atoms with E-state index in [1.54, 1.807) is 18.2 Å². The molecular formula is C16H15ClN2O5S. The van der Waals surface area contributed by atoms with Gasteiger partial charge in [-0.05, 0) is 49.2 Å². The van der Waals surface area contributed by atoms with Crippen LogP contribution < -0.4 is 4.31 Å².